The highest BCUT2D eigenvalue weighted by molar-refractivity contribution is 5.78. The van der Waals surface area contributed by atoms with Gasteiger partial charge in [0.25, 0.3) is 0 Å². The lowest BCUT2D eigenvalue weighted by Crippen LogP contribution is -2.37. The van der Waals surface area contributed by atoms with E-state index in [0.717, 1.165) is 0 Å². The van der Waals surface area contributed by atoms with Gasteiger partial charge in [-0.15, -0.1) is 0 Å². The van der Waals surface area contributed by atoms with Crippen molar-refractivity contribution in [2.75, 3.05) is 0 Å². The Bertz CT molecular complexity index is 363. The second-order valence-electron chi connectivity index (χ2n) is 4.37. The highest BCUT2D eigenvalue weighted by Gasteiger charge is 2.12. The zero-order valence-corrected chi connectivity index (χ0v) is 9.96. The Hall–Kier alpha value is -1.38. The van der Waals surface area contributed by atoms with Gasteiger partial charge in [-0.2, -0.15) is 0 Å². The Kier molecular flexibility index (Phi) is 4.47. The molecule has 0 saturated carbocycles. The fourth-order valence-electron chi connectivity index (χ4n) is 1.29. The molecule has 0 aliphatic heterocycles. The first kappa shape index (κ1) is 12.7. The normalized spacial score (nSPS) is 12.6. The van der Waals surface area contributed by atoms with E-state index in [9.17, 15) is 9.18 Å². The molecular formula is C13H18FNO. The molecule has 1 rings (SSSR count). The Morgan fingerprint density at radius 3 is 2.50 bits per heavy atom. The van der Waals surface area contributed by atoms with E-state index in [1.807, 2.05) is 20.8 Å². The summed E-state index contributed by atoms with van der Waals surface area (Å²) in [6, 6.07) is 6.47. The Balaban J connectivity index is 2.55. The molecule has 2 nitrogen and oxygen atoms in total. The van der Waals surface area contributed by atoms with Gasteiger partial charge in [0.1, 0.15) is 5.82 Å². The molecule has 0 aromatic heterocycles. The van der Waals surface area contributed by atoms with Crippen molar-refractivity contribution in [1.29, 1.82) is 0 Å². The molecule has 0 fully saturated rings. The molecule has 1 aromatic rings. The molecule has 0 saturated heterocycles. The topological polar surface area (TPSA) is 29.1 Å². The lowest BCUT2D eigenvalue weighted by Gasteiger charge is -2.17. The summed E-state index contributed by atoms with van der Waals surface area (Å²) < 4.78 is 13.3. The smallest absolute Gasteiger partial charge is 0.224 e. The summed E-state index contributed by atoms with van der Waals surface area (Å²) in [4.78, 5) is 11.6. The van der Waals surface area contributed by atoms with Crippen molar-refractivity contribution in [3.8, 4) is 0 Å². The lowest BCUT2D eigenvalue weighted by atomic mass is 10.1. The van der Waals surface area contributed by atoms with Crippen LogP contribution in [0.25, 0.3) is 0 Å². The van der Waals surface area contributed by atoms with Crippen molar-refractivity contribution in [3.05, 3.63) is 35.6 Å². The summed E-state index contributed by atoms with van der Waals surface area (Å²) in [6.07, 6.45) is 0.101. The van der Waals surface area contributed by atoms with Crippen molar-refractivity contribution in [2.24, 2.45) is 5.92 Å². The third-order valence-corrected chi connectivity index (χ3v) is 2.70. The number of hydrogen-bond acceptors (Lipinski definition) is 1. The molecule has 1 N–H and O–H groups in total. The van der Waals surface area contributed by atoms with Gasteiger partial charge >= 0.3 is 0 Å². The molecule has 0 heterocycles. The lowest BCUT2D eigenvalue weighted by molar-refractivity contribution is -0.121. The Morgan fingerprint density at radius 1 is 1.31 bits per heavy atom. The van der Waals surface area contributed by atoms with Crippen LogP contribution in [0.3, 0.4) is 0 Å². The molecule has 0 bridgehead atoms. The monoisotopic (exact) mass is 223 g/mol. The van der Waals surface area contributed by atoms with Gasteiger partial charge in [0, 0.05) is 6.04 Å². The second kappa shape index (κ2) is 5.64. The second-order valence-corrected chi connectivity index (χ2v) is 4.37. The van der Waals surface area contributed by atoms with E-state index in [2.05, 4.69) is 5.32 Å². The van der Waals surface area contributed by atoms with E-state index in [4.69, 9.17) is 0 Å². The van der Waals surface area contributed by atoms with Gasteiger partial charge in [-0.05, 0) is 24.5 Å². The molecule has 0 spiro atoms. The van der Waals surface area contributed by atoms with Gasteiger partial charge in [0.05, 0.1) is 6.42 Å². The molecule has 0 aliphatic rings. The largest absolute Gasteiger partial charge is 0.353 e. The number of carbonyl (C=O) groups is 1. The first-order valence-electron chi connectivity index (χ1n) is 5.53. The van der Waals surface area contributed by atoms with Crippen LogP contribution in [0.4, 0.5) is 4.39 Å². The zero-order valence-electron chi connectivity index (χ0n) is 9.96. The number of halogens is 1. The molecule has 1 aromatic carbocycles. The molecule has 3 heteroatoms. The summed E-state index contributed by atoms with van der Waals surface area (Å²) in [5.41, 5.74) is 0.441. The third kappa shape index (κ3) is 3.65. The third-order valence-electron chi connectivity index (χ3n) is 2.70. The summed E-state index contributed by atoms with van der Waals surface area (Å²) in [7, 11) is 0. The molecule has 0 unspecified atom stereocenters. The van der Waals surface area contributed by atoms with Gasteiger partial charge in [-0.1, -0.05) is 32.0 Å². The summed E-state index contributed by atoms with van der Waals surface area (Å²) in [5.74, 6) is -0.0780. The highest BCUT2D eigenvalue weighted by atomic mass is 19.1. The van der Waals surface area contributed by atoms with Gasteiger partial charge in [-0.25, -0.2) is 4.39 Å². The highest BCUT2D eigenvalue weighted by Crippen LogP contribution is 2.07. The maximum Gasteiger partial charge on any atom is 0.224 e. The molecular weight excluding hydrogens is 205 g/mol. The quantitative estimate of drug-likeness (QED) is 0.835. The van der Waals surface area contributed by atoms with Gasteiger partial charge in [0.2, 0.25) is 5.91 Å². The minimum atomic E-state index is -0.324. The predicted molar refractivity (Wildman–Crippen MR) is 62.5 cm³/mol. The number of rotatable bonds is 4. The van der Waals surface area contributed by atoms with E-state index in [1.165, 1.54) is 6.07 Å². The van der Waals surface area contributed by atoms with E-state index in [0.29, 0.717) is 11.5 Å². The van der Waals surface area contributed by atoms with Gasteiger partial charge < -0.3 is 5.32 Å². The van der Waals surface area contributed by atoms with Crippen LogP contribution in [0, 0.1) is 11.7 Å². The standard InChI is InChI=1S/C13H18FNO/c1-9(2)10(3)15-13(16)8-11-6-4-5-7-12(11)14/h4-7,9-10H,8H2,1-3H3,(H,15,16)/t10-/m0/s1. The first-order valence-corrected chi connectivity index (χ1v) is 5.53. The molecule has 88 valence electrons. The van der Waals surface area contributed by atoms with Crippen LogP contribution in [0.2, 0.25) is 0 Å². The van der Waals surface area contributed by atoms with Crippen molar-refractivity contribution >= 4 is 5.91 Å². The van der Waals surface area contributed by atoms with E-state index in [1.54, 1.807) is 18.2 Å². The predicted octanol–water partition coefficient (Wildman–Crippen LogP) is 2.53. The van der Waals surface area contributed by atoms with Gasteiger partial charge in [-0.3, -0.25) is 4.79 Å². The van der Waals surface area contributed by atoms with Gasteiger partial charge in [0.15, 0.2) is 0 Å². The van der Waals surface area contributed by atoms with E-state index in [-0.39, 0.29) is 24.2 Å². The number of amides is 1. The maximum atomic E-state index is 13.3. The van der Waals surface area contributed by atoms with Crippen LogP contribution in [0.5, 0.6) is 0 Å². The minimum Gasteiger partial charge on any atom is -0.353 e. The average molecular weight is 223 g/mol. The van der Waals surface area contributed by atoms with Crippen LogP contribution in [-0.4, -0.2) is 11.9 Å². The number of hydrogen-bond donors (Lipinski definition) is 1. The molecule has 0 aliphatic carbocycles. The fourth-order valence-corrected chi connectivity index (χ4v) is 1.29. The van der Waals surface area contributed by atoms with Crippen LogP contribution in [0.15, 0.2) is 24.3 Å². The van der Waals surface area contributed by atoms with Crippen LogP contribution < -0.4 is 5.32 Å². The number of nitrogens with one attached hydrogen (secondary N) is 1. The van der Waals surface area contributed by atoms with Crippen LogP contribution in [-0.2, 0) is 11.2 Å². The fraction of sp³-hybridized carbons (Fsp3) is 0.462. The number of benzene rings is 1. The van der Waals surface area contributed by atoms with Crippen molar-refractivity contribution in [2.45, 2.75) is 33.2 Å². The molecule has 1 atom stereocenters. The maximum absolute atomic E-state index is 13.3. The Morgan fingerprint density at radius 2 is 1.94 bits per heavy atom. The SMILES string of the molecule is CC(C)[C@H](C)NC(=O)Cc1ccccc1F. The van der Waals surface area contributed by atoms with Crippen LogP contribution >= 0.6 is 0 Å². The summed E-state index contributed by atoms with van der Waals surface area (Å²) in [6.45, 7) is 6.02. The Labute approximate surface area is 95.9 Å². The zero-order chi connectivity index (χ0) is 12.1. The molecule has 1 amide bonds. The number of carbonyl (C=O) groups excluding carboxylic acids is 1. The van der Waals surface area contributed by atoms with Crippen LogP contribution in [0.1, 0.15) is 26.3 Å². The van der Waals surface area contributed by atoms with Crippen molar-refractivity contribution < 1.29 is 9.18 Å². The first-order chi connectivity index (χ1) is 7.50. The van der Waals surface area contributed by atoms with E-state index < -0.39 is 0 Å². The minimum absolute atomic E-state index is 0.101. The molecule has 16 heavy (non-hydrogen) atoms. The van der Waals surface area contributed by atoms with Crippen molar-refractivity contribution in [3.63, 3.8) is 0 Å². The summed E-state index contributed by atoms with van der Waals surface area (Å²) in [5, 5.41) is 2.85. The average Bonchev–Trinajstić information content (AvgIpc) is 2.21. The summed E-state index contributed by atoms with van der Waals surface area (Å²) >= 11 is 0. The van der Waals surface area contributed by atoms with E-state index >= 15 is 0 Å². The molecule has 0 radical (unpaired) electrons. The van der Waals surface area contributed by atoms with Crippen molar-refractivity contribution in [1.82, 2.24) is 5.32 Å².